The van der Waals surface area contributed by atoms with Crippen molar-refractivity contribution in [3.63, 3.8) is 0 Å². The van der Waals surface area contributed by atoms with Crippen molar-refractivity contribution < 1.29 is 18.4 Å². The molecule has 7 nitrogen and oxygen atoms in total. The van der Waals surface area contributed by atoms with Gasteiger partial charge in [0, 0.05) is 48.2 Å². The zero-order chi connectivity index (χ0) is 22.9. The SMILES string of the molecule is O=C(C1CC(=O)N(c2ccc(Cl)cc2)C1)N1CCC(c2nnc(-c3ccc(F)cc3)o2)CC1. The van der Waals surface area contributed by atoms with Gasteiger partial charge in [-0.25, -0.2) is 4.39 Å². The molecule has 1 aromatic heterocycles. The van der Waals surface area contributed by atoms with Gasteiger partial charge in [-0.1, -0.05) is 11.6 Å². The van der Waals surface area contributed by atoms with Crippen molar-refractivity contribution in [3.8, 4) is 11.5 Å². The van der Waals surface area contributed by atoms with Crippen molar-refractivity contribution in [1.29, 1.82) is 0 Å². The van der Waals surface area contributed by atoms with Crippen LogP contribution in [0, 0.1) is 11.7 Å². The largest absolute Gasteiger partial charge is 0.420 e. The van der Waals surface area contributed by atoms with Gasteiger partial charge in [0.1, 0.15) is 5.82 Å². The minimum atomic E-state index is -0.349. The molecule has 0 N–H and O–H groups in total. The number of hydrogen-bond acceptors (Lipinski definition) is 5. The van der Waals surface area contributed by atoms with Gasteiger partial charge in [-0.2, -0.15) is 0 Å². The molecule has 3 heterocycles. The van der Waals surface area contributed by atoms with Crippen LogP contribution >= 0.6 is 11.6 Å². The lowest BCUT2D eigenvalue weighted by Gasteiger charge is -2.32. The average molecular weight is 469 g/mol. The maximum Gasteiger partial charge on any atom is 0.247 e. The van der Waals surface area contributed by atoms with Crippen LogP contribution in [0.15, 0.2) is 52.9 Å². The summed E-state index contributed by atoms with van der Waals surface area (Å²) >= 11 is 5.94. The Kier molecular flexibility index (Phi) is 5.85. The Morgan fingerprint density at radius 1 is 1.03 bits per heavy atom. The van der Waals surface area contributed by atoms with E-state index in [1.807, 2.05) is 4.90 Å². The molecule has 1 atom stereocenters. The fourth-order valence-corrected chi connectivity index (χ4v) is 4.58. The highest BCUT2D eigenvalue weighted by atomic mass is 35.5. The van der Waals surface area contributed by atoms with E-state index >= 15 is 0 Å². The Morgan fingerprint density at radius 3 is 2.42 bits per heavy atom. The first kappa shape index (κ1) is 21.6. The molecular formula is C24H22ClFN4O3. The van der Waals surface area contributed by atoms with E-state index in [0.717, 1.165) is 5.69 Å². The zero-order valence-electron chi connectivity index (χ0n) is 17.8. The number of piperidine rings is 1. The normalized spacial score (nSPS) is 19.3. The summed E-state index contributed by atoms with van der Waals surface area (Å²) in [4.78, 5) is 29.1. The number of carbonyl (C=O) groups is 2. The van der Waals surface area contributed by atoms with E-state index in [0.29, 0.717) is 54.8 Å². The molecule has 0 radical (unpaired) electrons. The third-order valence-corrected chi connectivity index (χ3v) is 6.55. The van der Waals surface area contributed by atoms with Gasteiger partial charge in [-0.15, -0.1) is 10.2 Å². The number of halogens is 2. The van der Waals surface area contributed by atoms with E-state index in [-0.39, 0.29) is 35.9 Å². The van der Waals surface area contributed by atoms with Crippen LogP contribution in [0.4, 0.5) is 10.1 Å². The Balaban J connectivity index is 1.18. The quantitative estimate of drug-likeness (QED) is 0.570. The first-order chi connectivity index (χ1) is 16.0. The van der Waals surface area contributed by atoms with E-state index in [2.05, 4.69) is 10.2 Å². The van der Waals surface area contributed by atoms with Crippen LogP contribution in [0.1, 0.15) is 31.1 Å². The topological polar surface area (TPSA) is 79.5 Å². The first-order valence-corrected chi connectivity index (χ1v) is 11.3. The molecule has 2 amide bonds. The summed E-state index contributed by atoms with van der Waals surface area (Å²) in [5.41, 5.74) is 1.42. The summed E-state index contributed by atoms with van der Waals surface area (Å²) in [6.07, 6.45) is 1.63. The second-order valence-electron chi connectivity index (χ2n) is 8.43. The van der Waals surface area contributed by atoms with Crippen LogP contribution in [0.5, 0.6) is 0 Å². The van der Waals surface area contributed by atoms with E-state index in [9.17, 15) is 14.0 Å². The van der Waals surface area contributed by atoms with Gasteiger partial charge in [0.25, 0.3) is 0 Å². The minimum absolute atomic E-state index is 0.00999. The molecule has 2 aliphatic rings. The van der Waals surface area contributed by atoms with E-state index in [4.69, 9.17) is 16.0 Å². The lowest BCUT2D eigenvalue weighted by atomic mass is 9.95. The molecule has 1 unspecified atom stereocenters. The molecule has 170 valence electrons. The van der Waals surface area contributed by atoms with Gasteiger partial charge in [0.05, 0.1) is 5.92 Å². The molecule has 0 saturated carbocycles. The molecule has 0 bridgehead atoms. The predicted octanol–water partition coefficient (Wildman–Crippen LogP) is 4.29. The third-order valence-electron chi connectivity index (χ3n) is 6.30. The number of amides is 2. The van der Waals surface area contributed by atoms with Gasteiger partial charge < -0.3 is 14.2 Å². The second kappa shape index (κ2) is 8.94. The maximum atomic E-state index is 13.1. The van der Waals surface area contributed by atoms with Gasteiger partial charge in [0.2, 0.25) is 23.6 Å². The molecular weight excluding hydrogens is 447 g/mol. The Bertz CT molecular complexity index is 1160. The lowest BCUT2D eigenvalue weighted by Crippen LogP contribution is -2.42. The molecule has 0 aliphatic carbocycles. The summed E-state index contributed by atoms with van der Waals surface area (Å²) in [6, 6.07) is 13.0. The molecule has 33 heavy (non-hydrogen) atoms. The van der Waals surface area contributed by atoms with Crippen LogP contribution in [-0.4, -0.2) is 46.5 Å². The van der Waals surface area contributed by atoms with Crippen molar-refractivity contribution in [2.75, 3.05) is 24.5 Å². The number of aromatic nitrogens is 2. The van der Waals surface area contributed by atoms with Gasteiger partial charge >= 0.3 is 0 Å². The van der Waals surface area contributed by atoms with Crippen molar-refractivity contribution in [1.82, 2.24) is 15.1 Å². The van der Waals surface area contributed by atoms with Crippen molar-refractivity contribution in [3.05, 3.63) is 65.3 Å². The number of anilines is 1. The first-order valence-electron chi connectivity index (χ1n) is 10.9. The monoisotopic (exact) mass is 468 g/mol. The van der Waals surface area contributed by atoms with Gasteiger partial charge in [-0.05, 0) is 61.4 Å². The molecule has 2 fully saturated rings. The van der Waals surface area contributed by atoms with Crippen molar-refractivity contribution >= 4 is 29.1 Å². The Morgan fingerprint density at radius 2 is 1.73 bits per heavy atom. The lowest BCUT2D eigenvalue weighted by molar-refractivity contribution is -0.136. The molecule has 2 aromatic carbocycles. The summed E-state index contributed by atoms with van der Waals surface area (Å²) in [7, 11) is 0. The summed E-state index contributed by atoms with van der Waals surface area (Å²) in [5.74, 6) is 0.239. The van der Waals surface area contributed by atoms with Gasteiger partial charge in [0.15, 0.2) is 0 Å². The Labute approximate surface area is 195 Å². The predicted molar refractivity (Wildman–Crippen MR) is 120 cm³/mol. The van der Waals surface area contributed by atoms with Gasteiger partial charge in [-0.3, -0.25) is 9.59 Å². The number of hydrogen-bond donors (Lipinski definition) is 0. The fraction of sp³-hybridized carbons (Fsp3) is 0.333. The highest BCUT2D eigenvalue weighted by Gasteiger charge is 2.38. The fourth-order valence-electron chi connectivity index (χ4n) is 4.46. The highest BCUT2D eigenvalue weighted by molar-refractivity contribution is 6.30. The standard InChI is InChI=1S/C24H22ClFN4O3/c25-18-3-7-20(8-4-18)30-14-17(13-21(30)31)24(32)29-11-9-16(10-12-29)23-28-27-22(33-23)15-1-5-19(26)6-2-15/h1-8,16-17H,9-14H2. The Hall–Kier alpha value is -3.26. The molecule has 3 aromatic rings. The van der Waals surface area contributed by atoms with Crippen LogP contribution in [0.25, 0.3) is 11.5 Å². The summed E-state index contributed by atoms with van der Waals surface area (Å²) in [5, 5.41) is 8.86. The number of rotatable bonds is 4. The van der Waals surface area contributed by atoms with Crippen LogP contribution in [-0.2, 0) is 9.59 Å². The molecule has 9 heteroatoms. The molecule has 2 aliphatic heterocycles. The van der Waals surface area contributed by atoms with Crippen molar-refractivity contribution in [2.24, 2.45) is 5.92 Å². The van der Waals surface area contributed by atoms with Crippen LogP contribution in [0.3, 0.4) is 0 Å². The number of likely N-dealkylation sites (tertiary alicyclic amines) is 1. The third kappa shape index (κ3) is 4.48. The molecule has 0 spiro atoms. The number of nitrogens with zero attached hydrogens (tertiary/aromatic N) is 4. The summed E-state index contributed by atoms with van der Waals surface area (Å²) in [6.45, 7) is 1.52. The number of benzene rings is 2. The highest BCUT2D eigenvalue weighted by Crippen LogP contribution is 2.32. The van der Waals surface area contributed by atoms with Crippen molar-refractivity contribution in [2.45, 2.75) is 25.2 Å². The second-order valence-corrected chi connectivity index (χ2v) is 8.87. The van der Waals surface area contributed by atoms with E-state index < -0.39 is 0 Å². The smallest absolute Gasteiger partial charge is 0.247 e. The maximum absolute atomic E-state index is 13.1. The molecule has 5 rings (SSSR count). The summed E-state index contributed by atoms with van der Waals surface area (Å²) < 4.78 is 19.0. The van der Waals surface area contributed by atoms with E-state index in [1.165, 1.54) is 12.1 Å². The van der Waals surface area contributed by atoms with E-state index in [1.54, 1.807) is 41.3 Å². The zero-order valence-corrected chi connectivity index (χ0v) is 18.5. The van der Waals surface area contributed by atoms with Crippen LogP contribution < -0.4 is 4.90 Å². The average Bonchev–Trinajstić information content (AvgIpc) is 3.47. The van der Waals surface area contributed by atoms with Crippen LogP contribution in [0.2, 0.25) is 5.02 Å². The molecule has 2 saturated heterocycles. The number of carbonyl (C=O) groups excluding carboxylic acids is 2. The minimum Gasteiger partial charge on any atom is -0.420 e.